The van der Waals surface area contributed by atoms with Gasteiger partial charge in [0.2, 0.25) is 0 Å². The Balaban J connectivity index is 0. The Morgan fingerprint density at radius 2 is 1.73 bits per heavy atom. The van der Waals surface area contributed by atoms with Crippen molar-refractivity contribution in [1.82, 2.24) is 0 Å². The summed E-state index contributed by atoms with van der Waals surface area (Å²) in [6.45, 7) is 11.9. The van der Waals surface area contributed by atoms with Crippen LogP contribution in [-0.2, 0) is 0 Å². The van der Waals surface area contributed by atoms with Gasteiger partial charge in [0.15, 0.2) is 0 Å². The zero-order valence-electron chi connectivity index (χ0n) is 10.4. The first-order chi connectivity index (χ1) is 5.86. The fourth-order valence-corrected chi connectivity index (χ4v) is 3.04. The maximum absolute atomic E-state index is 3.17. The van der Waals surface area contributed by atoms with E-state index < -0.39 is 8.07 Å². The molecular formula is C12H19BrMgSi. The summed E-state index contributed by atoms with van der Waals surface area (Å²) in [6.07, 6.45) is 0. The summed E-state index contributed by atoms with van der Waals surface area (Å²) in [5.41, 5.74) is 0. The van der Waals surface area contributed by atoms with Gasteiger partial charge in [-0.25, -0.2) is 0 Å². The van der Waals surface area contributed by atoms with Crippen LogP contribution in [0.2, 0.25) is 18.1 Å². The van der Waals surface area contributed by atoms with Crippen LogP contribution in [-0.4, -0.2) is 31.1 Å². The van der Waals surface area contributed by atoms with Crippen LogP contribution in [0.5, 0.6) is 0 Å². The Kier molecular flexibility index (Phi) is 7.74. The van der Waals surface area contributed by atoms with Crippen molar-refractivity contribution >= 4 is 36.3 Å². The van der Waals surface area contributed by atoms with Crippen molar-refractivity contribution in [3.63, 3.8) is 0 Å². The third kappa shape index (κ3) is 4.21. The summed E-state index contributed by atoms with van der Waals surface area (Å²) in [4.78, 5) is 0. The van der Waals surface area contributed by atoms with Gasteiger partial charge >= 0.3 is 23.1 Å². The van der Waals surface area contributed by atoms with Crippen LogP contribution < -0.4 is 22.2 Å². The fraction of sp³-hybridized carbons (Fsp3) is 0.500. The van der Waals surface area contributed by atoms with Crippen molar-refractivity contribution in [2.45, 2.75) is 38.9 Å². The predicted molar refractivity (Wildman–Crippen MR) is 67.9 cm³/mol. The van der Waals surface area contributed by atoms with Gasteiger partial charge in [-0.2, -0.15) is 35.5 Å². The van der Waals surface area contributed by atoms with Crippen LogP contribution in [0, 0.1) is 6.07 Å². The van der Waals surface area contributed by atoms with Crippen LogP contribution in [0.4, 0.5) is 0 Å². The Bertz CT molecular complexity index is 277. The van der Waals surface area contributed by atoms with Crippen molar-refractivity contribution in [2.24, 2.45) is 0 Å². The van der Waals surface area contributed by atoms with Gasteiger partial charge in [0.1, 0.15) is 0 Å². The van der Waals surface area contributed by atoms with Gasteiger partial charge in [-0.1, -0.05) is 33.9 Å². The predicted octanol–water partition coefficient (Wildman–Crippen LogP) is -0.175. The number of hydrogen-bond donors (Lipinski definition) is 0. The summed E-state index contributed by atoms with van der Waals surface area (Å²) in [5, 5.41) is 1.92. The van der Waals surface area contributed by atoms with Crippen LogP contribution in [0.25, 0.3) is 0 Å². The first-order valence-electron chi connectivity index (χ1n) is 4.82. The Morgan fingerprint density at radius 1 is 1.20 bits per heavy atom. The molecule has 0 spiro atoms. The van der Waals surface area contributed by atoms with Crippen molar-refractivity contribution < 1.29 is 17.0 Å². The molecule has 0 saturated carbocycles. The van der Waals surface area contributed by atoms with Gasteiger partial charge in [-0.05, 0) is 5.04 Å². The largest absolute Gasteiger partial charge is 2.00 e. The molecule has 3 heteroatoms. The molecule has 0 bridgehead atoms. The molecule has 1 rings (SSSR count). The molecule has 0 nitrogen and oxygen atoms in total. The second-order valence-electron chi connectivity index (χ2n) is 5.17. The normalized spacial score (nSPS) is 11.3. The summed E-state index contributed by atoms with van der Waals surface area (Å²) in [5.74, 6) is 0. The molecule has 0 aliphatic carbocycles. The molecule has 0 unspecified atom stereocenters. The molecule has 80 valence electrons. The monoisotopic (exact) mass is 294 g/mol. The Hall–Kier alpha value is 0.683. The van der Waals surface area contributed by atoms with E-state index in [2.05, 4.69) is 58.1 Å². The zero-order chi connectivity index (χ0) is 10.1. The minimum Gasteiger partial charge on any atom is -1.00 e. The molecular weight excluding hydrogens is 276 g/mol. The van der Waals surface area contributed by atoms with E-state index in [4.69, 9.17) is 0 Å². The Morgan fingerprint density at radius 3 is 2.07 bits per heavy atom. The van der Waals surface area contributed by atoms with Crippen molar-refractivity contribution in [1.29, 1.82) is 0 Å². The maximum atomic E-state index is 3.17. The minimum atomic E-state index is -1.31. The van der Waals surface area contributed by atoms with Crippen molar-refractivity contribution in [3.8, 4) is 0 Å². The summed E-state index contributed by atoms with van der Waals surface area (Å²) in [7, 11) is -1.31. The molecule has 0 heterocycles. The number of rotatable bonds is 1. The van der Waals surface area contributed by atoms with E-state index in [1.807, 2.05) is 6.07 Å². The quantitative estimate of drug-likeness (QED) is 0.498. The fourth-order valence-electron chi connectivity index (χ4n) is 1.22. The van der Waals surface area contributed by atoms with Crippen LogP contribution in [0.1, 0.15) is 20.8 Å². The van der Waals surface area contributed by atoms with E-state index in [1.54, 1.807) is 0 Å². The number of benzene rings is 1. The molecule has 0 amide bonds. The minimum absolute atomic E-state index is 0. The molecule has 0 aromatic heterocycles. The first-order valence-corrected chi connectivity index (χ1v) is 7.82. The molecule has 1 aromatic carbocycles. The molecule has 0 radical (unpaired) electrons. The van der Waals surface area contributed by atoms with E-state index in [0.29, 0.717) is 5.04 Å². The van der Waals surface area contributed by atoms with Gasteiger partial charge < -0.3 is 17.0 Å². The molecule has 0 N–H and O–H groups in total. The summed E-state index contributed by atoms with van der Waals surface area (Å²) < 4.78 is 0. The van der Waals surface area contributed by atoms with Gasteiger partial charge in [0, 0.05) is 8.07 Å². The number of hydrogen-bond acceptors (Lipinski definition) is 0. The molecule has 0 atom stereocenters. The third-order valence-corrected chi connectivity index (χ3v) is 8.81. The van der Waals surface area contributed by atoms with Crippen molar-refractivity contribution in [2.75, 3.05) is 0 Å². The van der Waals surface area contributed by atoms with Gasteiger partial charge in [0.05, 0.1) is 0 Å². The molecule has 15 heavy (non-hydrogen) atoms. The molecule has 0 fully saturated rings. The zero-order valence-corrected chi connectivity index (χ0v) is 14.4. The first kappa shape index (κ1) is 18.1. The second-order valence-corrected chi connectivity index (χ2v) is 10.5. The molecule has 0 saturated heterocycles. The third-order valence-electron chi connectivity index (χ3n) is 3.30. The summed E-state index contributed by atoms with van der Waals surface area (Å²) >= 11 is 0. The maximum Gasteiger partial charge on any atom is 2.00 e. The van der Waals surface area contributed by atoms with E-state index >= 15 is 0 Å². The number of halogens is 1. The smallest absolute Gasteiger partial charge is 1.00 e. The molecule has 1 aromatic rings. The molecule has 0 aliphatic rings. The van der Waals surface area contributed by atoms with Crippen LogP contribution >= 0.6 is 0 Å². The molecule has 0 aliphatic heterocycles. The summed E-state index contributed by atoms with van der Waals surface area (Å²) in [6, 6.07) is 11.6. The van der Waals surface area contributed by atoms with E-state index in [0.717, 1.165) is 0 Å². The van der Waals surface area contributed by atoms with Gasteiger partial charge in [-0.3, -0.25) is 0 Å². The van der Waals surface area contributed by atoms with E-state index in [1.165, 1.54) is 5.19 Å². The van der Waals surface area contributed by atoms with Crippen LogP contribution in [0.15, 0.2) is 24.3 Å². The SMILES string of the molecule is CC(C)(C)[Si](C)(C)c1c[c-]ccc1.[Br-].[Mg+2]. The van der Waals surface area contributed by atoms with Crippen molar-refractivity contribution in [3.05, 3.63) is 30.3 Å². The topological polar surface area (TPSA) is 0 Å². The van der Waals surface area contributed by atoms with E-state index in [9.17, 15) is 0 Å². The average Bonchev–Trinajstić information content (AvgIpc) is 2.04. The van der Waals surface area contributed by atoms with E-state index in [-0.39, 0.29) is 40.0 Å². The second kappa shape index (κ2) is 6.43. The Labute approximate surface area is 122 Å². The van der Waals surface area contributed by atoms with Gasteiger partial charge in [-0.15, -0.1) is 0 Å². The average molecular weight is 296 g/mol. The van der Waals surface area contributed by atoms with Crippen LogP contribution in [0.3, 0.4) is 0 Å². The van der Waals surface area contributed by atoms with Gasteiger partial charge in [0.25, 0.3) is 0 Å². The standard InChI is InChI=1S/C12H19Si.BrH.Mg/c1-12(2,3)13(4,5)11-9-7-6-8-10-11;;/h6-7,9-10H,1-5H3;1H;/q-1;;+2/p-1.